The van der Waals surface area contributed by atoms with Crippen molar-refractivity contribution in [2.24, 2.45) is 11.8 Å². The van der Waals surface area contributed by atoms with Gasteiger partial charge in [-0.15, -0.1) is 0 Å². The van der Waals surface area contributed by atoms with Gasteiger partial charge in [0.25, 0.3) is 0 Å². The van der Waals surface area contributed by atoms with Crippen molar-refractivity contribution >= 4 is 17.5 Å². The van der Waals surface area contributed by atoms with Crippen LogP contribution in [0.15, 0.2) is 4.52 Å². The molecule has 0 N–H and O–H groups in total. The molecule has 0 radical (unpaired) electrons. The highest BCUT2D eigenvalue weighted by Gasteiger charge is 2.33. The van der Waals surface area contributed by atoms with Crippen molar-refractivity contribution in [2.75, 3.05) is 11.5 Å². The predicted octanol–water partition coefficient (Wildman–Crippen LogP) is 3.40. The molecule has 20 heavy (non-hydrogen) atoms. The molecule has 5 heteroatoms. The first-order valence-corrected chi connectivity index (χ1v) is 8.74. The number of carbonyl (C=O) groups excluding carboxylic acids is 1. The Morgan fingerprint density at radius 1 is 1.25 bits per heavy atom. The average molecular weight is 294 g/mol. The van der Waals surface area contributed by atoms with E-state index in [2.05, 4.69) is 24.0 Å². The van der Waals surface area contributed by atoms with E-state index in [1.807, 2.05) is 0 Å². The predicted molar refractivity (Wildman–Crippen MR) is 78.9 cm³/mol. The Kier molecular flexibility index (Phi) is 4.15. The first-order valence-electron chi connectivity index (χ1n) is 7.59. The summed E-state index contributed by atoms with van der Waals surface area (Å²) >= 11 is 1.66. The van der Waals surface area contributed by atoms with E-state index in [9.17, 15) is 4.79 Å². The van der Waals surface area contributed by atoms with E-state index in [4.69, 9.17) is 4.52 Å². The number of thioether (sulfide) groups is 1. The van der Waals surface area contributed by atoms with Gasteiger partial charge in [-0.25, -0.2) is 0 Å². The number of rotatable bonds is 3. The van der Waals surface area contributed by atoms with E-state index in [1.165, 1.54) is 12.8 Å². The Bertz CT molecular complexity index is 478. The third-order valence-electron chi connectivity index (χ3n) is 4.75. The molecule has 1 aliphatic heterocycles. The molecule has 1 saturated carbocycles. The topological polar surface area (TPSA) is 56.0 Å². The summed E-state index contributed by atoms with van der Waals surface area (Å²) in [6.07, 6.45) is 4.80. The van der Waals surface area contributed by atoms with Gasteiger partial charge in [0.2, 0.25) is 5.89 Å². The van der Waals surface area contributed by atoms with Crippen molar-refractivity contribution in [2.45, 2.75) is 51.4 Å². The highest BCUT2D eigenvalue weighted by atomic mass is 32.2. The molecule has 1 atom stereocenters. The van der Waals surface area contributed by atoms with Gasteiger partial charge in [-0.3, -0.25) is 4.79 Å². The molecule has 3 rings (SSSR count). The van der Waals surface area contributed by atoms with E-state index < -0.39 is 0 Å². The largest absolute Gasteiger partial charge is 0.339 e. The standard InChI is InChI=1S/C15H22N2O2S/c1-9(2)10-3-5-11(6-4-10)14-16-15(19-17-14)12-7-20-8-13(12)18/h9-12H,3-8H2,1-2H3. The molecule has 0 aromatic carbocycles. The van der Waals surface area contributed by atoms with Crippen LogP contribution >= 0.6 is 11.8 Å². The Labute approximate surface area is 124 Å². The van der Waals surface area contributed by atoms with Crippen LogP contribution in [0.3, 0.4) is 0 Å². The molecule has 2 heterocycles. The van der Waals surface area contributed by atoms with Gasteiger partial charge in [0.1, 0.15) is 5.92 Å². The first kappa shape index (κ1) is 14.1. The molecule has 1 aromatic rings. The molecule has 1 saturated heterocycles. The summed E-state index contributed by atoms with van der Waals surface area (Å²) in [6, 6.07) is 0. The molecular weight excluding hydrogens is 272 g/mol. The summed E-state index contributed by atoms with van der Waals surface area (Å²) in [5.74, 6) is 4.85. The summed E-state index contributed by atoms with van der Waals surface area (Å²) in [7, 11) is 0. The number of ketones is 1. The fourth-order valence-corrected chi connectivity index (χ4v) is 4.36. The Balaban J connectivity index is 1.64. The van der Waals surface area contributed by atoms with Gasteiger partial charge in [-0.1, -0.05) is 19.0 Å². The van der Waals surface area contributed by atoms with Gasteiger partial charge in [0.05, 0.1) is 5.75 Å². The van der Waals surface area contributed by atoms with Gasteiger partial charge >= 0.3 is 0 Å². The minimum absolute atomic E-state index is 0.159. The van der Waals surface area contributed by atoms with Gasteiger partial charge in [0.15, 0.2) is 11.6 Å². The summed E-state index contributed by atoms with van der Waals surface area (Å²) < 4.78 is 5.35. The number of hydrogen-bond acceptors (Lipinski definition) is 5. The summed E-state index contributed by atoms with van der Waals surface area (Å²) in [4.78, 5) is 16.3. The Morgan fingerprint density at radius 2 is 2.00 bits per heavy atom. The maximum Gasteiger partial charge on any atom is 0.238 e. The Morgan fingerprint density at radius 3 is 2.60 bits per heavy atom. The molecule has 0 bridgehead atoms. The number of hydrogen-bond donors (Lipinski definition) is 0. The number of nitrogens with zero attached hydrogens (tertiary/aromatic N) is 2. The SMILES string of the molecule is CC(C)C1CCC(c2noc(C3CSCC3=O)n2)CC1. The van der Waals surface area contributed by atoms with Crippen LogP contribution in [0.25, 0.3) is 0 Å². The normalized spacial score (nSPS) is 31.1. The minimum Gasteiger partial charge on any atom is -0.339 e. The van der Waals surface area contributed by atoms with Crippen molar-refractivity contribution in [3.63, 3.8) is 0 Å². The van der Waals surface area contributed by atoms with Gasteiger partial charge in [-0.05, 0) is 37.5 Å². The monoisotopic (exact) mass is 294 g/mol. The van der Waals surface area contributed by atoms with Crippen molar-refractivity contribution < 1.29 is 9.32 Å². The fraction of sp³-hybridized carbons (Fsp3) is 0.800. The van der Waals surface area contributed by atoms with Crippen LogP contribution in [0.1, 0.15) is 63.1 Å². The molecule has 1 unspecified atom stereocenters. The lowest BCUT2D eigenvalue weighted by molar-refractivity contribution is -0.117. The van der Waals surface area contributed by atoms with Crippen LogP contribution in [0.4, 0.5) is 0 Å². The zero-order chi connectivity index (χ0) is 14.1. The molecule has 110 valence electrons. The molecule has 1 aromatic heterocycles. The number of Topliss-reactive ketones (excluding diaryl/α,β-unsaturated/α-hetero) is 1. The fourth-order valence-electron chi connectivity index (χ4n) is 3.28. The van der Waals surface area contributed by atoms with Gasteiger partial charge in [0, 0.05) is 11.7 Å². The lowest BCUT2D eigenvalue weighted by atomic mass is 9.77. The maximum atomic E-state index is 11.7. The van der Waals surface area contributed by atoms with Crippen molar-refractivity contribution in [3.8, 4) is 0 Å². The molecule has 0 spiro atoms. The van der Waals surface area contributed by atoms with Crippen molar-refractivity contribution in [3.05, 3.63) is 11.7 Å². The van der Waals surface area contributed by atoms with Gasteiger partial charge < -0.3 is 4.52 Å². The number of carbonyl (C=O) groups is 1. The van der Waals surface area contributed by atoms with Crippen molar-refractivity contribution in [1.82, 2.24) is 10.1 Å². The number of aromatic nitrogens is 2. The van der Waals surface area contributed by atoms with Crippen LogP contribution in [0.2, 0.25) is 0 Å². The highest BCUT2D eigenvalue weighted by Crippen LogP contribution is 2.38. The third-order valence-corrected chi connectivity index (χ3v) is 5.81. The first-order chi connectivity index (χ1) is 9.65. The van der Waals surface area contributed by atoms with E-state index in [-0.39, 0.29) is 11.7 Å². The summed E-state index contributed by atoms with van der Waals surface area (Å²) in [5, 5.41) is 4.14. The molecule has 2 aliphatic rings. The zero-order valence-electron chi connectivity index (χ0n) is 12.2. The third kappa shape index (κ3) is 2.78. The van der Waals surface area contributed by atoms with Crippen molar-refractivity contribution in [1.29, 1.82) is 0 Å². The van der Waals surface area contributed by atoms with Crippen LogP contribution < -0.4 is 0 Å². The zero-order valence-corrected chi connectivity index (χ0v) is 13.0. The average Bonchev–Trinajstić information content (AvgIpc) is 3.07. The maximum absolute atomic E-state index is 11.7. The summed E-state index contributed by atoms with van der Waals surface area (Å²) in [6.45, 7) is 4.61. The van der Waals surface area contributed by atoms with Crippen LogP contribution in [0, 0.1) is 11.8 Å². The van der Waals surface area contributed by atoms with E-state index in [1.54, 1.807) is 11.8 Å². The summed E-state index contributed by atoms with van der Waals surface area (Å²) in [5.41, 5.74) is 0. The van der Waals surface area contributed by atoms with Crippen LogP contribution in [0.5, 0.6) is 0 Å². The molecule has 0 amide bonds. The molecule has 2 fully saturated rings. The van der Waals surface area contributed by atoms with E-state index in [0.717, 1.165) is 36.3 Å². The second-order valence-corrected chi connectivity index (χ2v) is 7.41. The van der Waals surface area contributed by atoms with Crippen LogP contribution in [-0.4, -0.2) is 27.4 Å². The second kappa shape index (κ2) is 5.88. The quantitative estimate of drug-likeness (QED) is 0.855. The lowest BCUT2D eigenvalue weighted by Gasteiger charge is -2.29. The Hall–Kier alpha value is -0.840. The minimum atomic E-state index is -0.159. The van der Waals surface area contributed by atoms with Gasteiger partial charge in [-0.2, -0.15) is 16.7 Å². The molecular formula is C15H22N2O2S. The molecule has 4 nitrogen and oxygen atoms in total. The second-order valence-electron chi connectivity index (χ2n) is 6.38. The van der Waals surface area contributed by atoms with Crippen LogP contribution in [-0.2, 0) is 4.79 Å². The van der Waals surface area contributed by atoms with E-state index in [0.29, 0.717) is 17.6 Å². The highest BCUT2D eigenvalue weighted by molar-refractivity contribution is 8.00. The molecule has 1 aliphatic carbocycles. The van der Waals surface area contributed by atoms with E-state index >= 15 is 0 Å². The smallest absolute Gasteiger partial charge is 0.238 e. The lowest BCUT2D eigenvalue weighted by Crippen LogP contribution is -2.18.